The summed E-state index contributed by atoms with van der Waals surface area (Å²) in [6.45, 7) is 13.0. The van der Waals surface area contributed by atoms with Gasteiger partial charge in [0, 0.05) is 31.9 Å². The van der Waals surface area contributed by atoms with Crippen molar-refractivity contribution in [2.45, 2.75) is 45.4 Å². The molecule has 29 heavy (non-hydrogen) atoms. The lowest BCUT2D eigenvalue weighted by Gasteiger charge is -2.36. The fraction of sp³-hybridized carbons (Fsp3) is 0.478. The number of piperazine rings is 1. The maximum atomic E-state index is 13.4. The first-order valence-corrected chi connectivity index (χ1v) is 11.8. The van der Waals surface area contributed by atoms with Gasteiger partial charge in [-0.1, -0.05) is 32.0 Å². The Morgan fingerprint density at radius 2 is 1.72 bits per heavy atom. The van der Waals surface area contributed by atoms with Crippen molar-refractivity contribution < 1.29 is 13.2 Å². The van der Waals surface area contributed by atoms with Gasteiger partial charge in [-0.2, -0.15) is 4.31 Å². The standard InChI is InChI=1S/C23H32N2O3S/c1-6-28-22-11-10-20(17(2)3)16-23(22)29(26,27)25-14-12-24(13-15-25)21-9-7-8-18(4)19(21)5/h7-11,16-17H,6,12-15H2,1-5H3. The summed E-state index contributed by atoms with van der Waals surface area (Å²) in [7, 11) is -3.61. The first kappa shape index (κ1) is 21.7. The van der Waals surface area contributed by atoms with Gasteiger partial charge in [0.25, 0.3) is 0 Å². The van der Waals surface area contributed by atoms with E-state index in [0.29, 0.717) is 38.5 Å². The number of sulfonamides is 1. The number of anilines is 1. The molecule has 0 unspecified atom stereocenters. The monoisotopic (exact) mass is 416 g/mol. The fourth-order valence-electron chi connectivity index (χ4n) is 3.75. The average molecular weight is 417 g/mol. The van der Waals surface area contributed by atoms with E-state index in [1.165, 1.54) is 16.8 Å². The maximum absolute atomic E-state index is 13.4. The van der Waals surface area contributed by atoms with Crippen LogP contribution in [-0.4, -0.2) is 45.5 Å². The third-order valence-corrected chi connectivity index (χ3v) is 7.63. The summed E-state index contributed by atoms with van der Waals surface area (Å²) in [5.41, 5.74) is 4.70. The molecule has 3 rings (SSSR count). The third-order valence-electron chi connectivity index (χ3n) is 5.71. The minimum atomic E-state index is -3.61. The Balaban J connectivity index is 1.85. The molecule has 6 heteroatoms. The molecule has 1 aliphatic heterocycles. The topological polar surface area (TPSA) is 49.9 Å². The quantitative estimate of drug-likeness (QED) is 0.703. The Hall–Kier alpha value is -2.05. The number of nitrogens with zero attached hydrogens (tertiary/aromatic N) is 2. The first-order chi connectivity index (χ1) is 13.8. The Morgan fingerprint density at radius 3 is 2.34 bits per heavy atom. The summed E-state index contributed by atoms with van der Waals surface area (Å²) in [5.74, 6) is 0.689. The summed E-state index contributed by atoms with van der Waals surface area (Å²) in [4.78, 5) is 2.56. The van der Waals surface area contributed by atoms with Gasteiger partial charge in [-0.15, -0.1) is 0 Å². The van der Waals surface area contributed by atoms with E-state index in [1.807, 2.05) is 13.0 Å². The molecule has 0 aliphatic carbocycles. The van der Waals surface area contributed by atoms with Gasteiger partial charge in [0.1, 0.15) is 10.6 Å². The van der Waals surface area contributed by atoms with Crippen LogP contribution >= 0.6 is 0 Å². The largest absolute Gasteiger partial charge is 0.492 e. The van der Waals surface area contributed by atoms with E-state index in [9.17, 15) is 8.42 Å². The van der Waals surface area contributed by atoms with Gasteiger partial charge in [0.05, 0.1) is 6.61 Å². The molecule has 0 N–H and O–H groups in total. The number of aryl methyl sites for hydroxylation is 1. The Bertz CT molecular complexity index is 962. The van der Waals surface area contributed by atoms with Crippen molar-refractivity contribution in [2.75, 3.05) is 37.7 Å². The molecular formula is C23H32N2O3S. The molecule has 1 heterocycles. The molecule has 158 valence electrons. The predicted molar refractivity (Wildman–Crippen MR) is 119 cm³/mol. The number of rotatable bonds is 6. The average Bonchev–Trinajstić information content (AvgIpc) is 2.70. The van der Waals surface area contributed by atoms with Crippen molar-refractivity contribution in [1.82, 2.24) is 4.31 Å². The lowest BCUT2D eigenvalue weighted by molar-refractivity contribution is 0.327. The van der Waals surface area contributed by atoms with Crippen LogP contribution in [-0.2, 0) is 10.0 Å². The Labute approximate surface area is 175 Å². The molecule has 0 radical (unpaired) electrons. The molecule has 0 aromatic heterocycles. The summed E-state index contributed by atoms with van der Waals surface area (Å²) in [6, 6.07) is 11.8. The molecule has 0 bridgehead atoms. The number of ether oxygens (including phenoxy) is 1. The van der Waals surface area contributed by atoms with Gasteiger partial charge in [0.2, 0.25) is 10.0 Å². The maximum Gasteiger partial charge on any atom is 0.246 e. The van der Waals surface area contributed by atoms with Gasteiger partial charge in [-0.05, 0) is 61.6 Å². The van der Waals surface area contributed by atoms with Gasteiger partial charge in [0.15, 0.2) is 0 Å². The van der Waals surface area contributed by atoms with E-state index in [4.69, 9.17) is 4.74 Å². The second-order valence-electron chi connectivity index (χ2n) is 7.90. The summed E-state index contributed by atoms with van der Waals surface area (Å²) < 4.78 is 34.1. The van der Waals surface area contributed by atoms with E-state index >= 15 is 0 Å². The first-order valence-electron chi connectivity index (χ1n) is 10.3. The van der Waals surface area contributed by atoms with Crippen LogP contribution in [0.1, 0.15) is 43.4 Å². The fourth-order valence-corrected chi connectivity index (χ4v) is 5.34. The third kappa shape index (κ3) is 4.43. The van der Waals surface area contributed by atoms with Crippen molar-refractivity contribution in [1.29, 1.82) is 0 Å². The van der Waals surface area contributed by atoms with Crippen LogP contribution < -0.4 is 9.64 Å². The second-order valence-corrected chi connectivity index (χ2v) is 9.81. The second kappa shape index (κ2) is 8.76. The molecule has 0 amide bonds. The number of hydrogen-bond donors (Lipinski definition) is 0. The molecule has 2 aromatic rings. The minimum absolute atomic E-state index is 0.251. The predicted octanol–water partition coefficient (Wildman–Crippen LogP) is 4.34. The highest BCUT2D eigenvalue weighted by atomic mass is 32.2. The molecular weight excluding hydrogens is 384 g/mol. The van der Waals surface area contributed by atoms with Crippen LogP contribution in [0.15, 0.2) is 41.3 Å². The van der Waals surface area contributed by atoms with Gasteiger partial charge < -0.3 is 9.64 Å². The lowest BCUT2D eigenvalue weighted by atomic mass is 10.0. The van der Waals surface area contributed by atoms with Crippen LogP contribution in [0.4, 0.5) is 5.69 Å². The Morgan fingerprint density at radius 1 is 1.03 bits per heavy atom. The summed E-state index contributed by atoms with van der Waals surface area (Å²) in [6.07, 6.45) is 0. The summed E-state index contributed by atoms with van der Waals surface area (Å²) in [5, 5.41) is 0. The SMILES string of the molecule is CCOc1ccc(C(C)C)cc1S(=O)(=O)N1CCN(c2cccc(C)c2C)CC1. The highest BCUT2D eigenvalue weighted by Gasteiger charge is 2.31. The van der Waals surface area contributed by atoms with Gasteiger partial charge in [-0.3, -0.25) is 0 Å². The van der Waals surface area contributed by atoms with E-state index in [1.54, 1.807) is 16.4 Å². The van der Waals surface area contributed by atoms with E-state index < -0.39 is 10.0 Å². The van der Waals surface area contributed by atoms with Crippen LogP contribution in [0, 0.1) is 13.8 Å². The Kier molecular flexibility index (Phi) is 6.54. The van der Waals surface area contributed by atoms with Crippen molar-refractivity contribution in [2.24, 2.45) is 0 Å². The van der Waals surface area contributed by atoms with Crippen LogP contribution in [0.2, 0.25) is 0 Å². The van der Waals surface area contributed by atoms with Gasteiger partial charge in [-0.25, -0.2) is 8.42 Å². The zero-order valence-electron chi connectivity index (χ0n) is 18.1. The van der Waals surface area contributed by atoms with Crippen LogP contribution in [0.3, 0.4) is 0 Å². The molecule has 1 aliphatic rings. The van der Waals surface area contributed by atoms with Crippen molar-refractivity contribution in [3.8, 4) is 5.75 Å². The zero-order chi connectivity index (χ0) is 21.2. The molecule has 5 nitrogen and oxygen atoms in total. The number of benzene rings is 2. The van der Waals surface area contributed by atoms with Crippen LogP contribution in [0.5, 0.6) is 5.75 Å². The normalized spacial score (nSPS) is 15.7. The smallest absolute Gasteiger partial charge is 0.246 e. The van der Waals surface area contributed by atoms with Crippen LogP contribution in [0.25, 0.3) is 0 Å². The van der Waals surface area contributed by atoms with Crippen molar-refractivity contribution >= 4 is 15.7 Å². The molecule has 0 spiro atoms. The van der Waals surface area contributed by atoms with Crippen molar-refractivity contribution in [3.05, 3.63) is 53.1 Å². The van der Waals surface area contributed by atoms with Gasteiger partial charge >= 0.3 is 0 Å². The van der Waals surface area contributed by atoms with Crippen molar-refractivity contribution in [3.63, 3.8) is 0 Å². The van der Waals surface area contributed by atoms with E-state index in [2.05, 4.69) is 50.8 Å². The van der Waals surface area contributed by atoms with E-state index in [-0.39, 0.29) is 10.8 Å². The highest BCUT2D eigenvalue weighted by Crippen LogP contribution is 2.32. The molecule has 1 saturated heterocycles. The summed E-state index contributed by atoms with van der Waals surface area (Å²) >= 11 is 0. The zero-order valence-corrected chi connectivity index (χ0v) is 18.9. The molecule has 1 fully saturated rings. The number of hydrogen-bond acceptors (Lipinski definition) is 4. The molecule has 0 atom stereocenters. The minimum Gasteiger partial charge on any atom is -0.492 e. The highest BCUT2D eigenvalue weighted by molar-refractivity contribution is 7.89. The van der Waals surface area contributed by atoms with E-state index in [0.717, 1.165) is 5.56 Å². The molecule has 0 saturated carbocycles. The molecule has 2 aromatic carbocycles. The lowest BCUT2D eigenvalue weighted by Crippen LogP contribution is -2.49.